The highest BCUT2D eigenvalue weighted by molar-refractivity contribution is 6.26. The average molecular weight is 871 g/mol. The van der Waals surface area contributed by atoms with E-state index in [2.05, 4.69) is 16.0 Å². The number of carbonyl (C=O) groups excluding carboxylic acids is 6. The summed E-state index contributed by atoms with van der Waals surface area (Å²) in [7, 11) is 0. The smallest absolute Gasteiger partial charge is 0.416 e. The lowest BCUT2D eigenvalue weighted by Gasteiger charge is -2.27. The normalized spacial score (nSPS) is 15.1. The van der Waals surface area contributed by atoms with Crippen LogP contribution in [-0.2, 0) is 49.0 Å². The molecule has 3 N–H and O–H groups in total. The Kier molecular flexibility index (Phi) is 18.4. The number of hydrogen-bond acceptors (Lipinski definition) is 13. The third-order valence-electron chi connectivity index (χ3n) is 9.50. The lowest BCUT2D eigenvalue weighted by molar-refractivity contribution is -0.138. The molecule has 1 fully saturated rings. The first-order chi connectivity index (χ1) is 29.9. The van der Waals surface area contributed by atoms with E-state index in [0.717, 1.165) is 29.9 Å². The summed E-state index contributed by atoms with van der Waals surface area (Å²) in [4.78, 5) is 76.2. The van der Waals surface area contributed by atoms with Crippen LogP contribution in [0, 0.1) is 0 Å². The van der Waals surface area contributed by atoms with Crippen molar-refractivity contribution in [3.05, 3.63) is 89.0 Å². The molecular formula is C43H49F3N4O12. The van der Waals surface area contributed by atoms with E-state index >= 15 is 0 Å². The molecule has 5 rings (SSSR count). The number of unbranched alkanes of at least 4 members (excludes halogenated alkanes) is 2. The van der Waals surface area contributed by atoms with Crippen LogP contribution in [0.5, 0.6) is 0 Å². The lowest BCUT2D eigenvalue weighted by Crippen LogP contribution is -2.54. The number of esters is 1. The molecule has 1 saturated heterocycles. The maximum Gasteiger partial charge on any atom is 0.416 e. The minimum absolute atomic E-state index is 0.0120. The number of amides is 5. The van der Waals surface area contributed by atoms with Gasteiger partial charge in [-0.15, -0.1) is 0 Å². The maximum atomic E-state index is 13.2. The van der Waals surface area contributed by atoms with Crippen LogP contribution in [0.15, 0.2) is 66.7 Å². The van der Waals surface area contributed by atoms with Crippen molar-refractivity contribution in [1.29, 1.82) is 0 Å². The van der Waals surface area contributed by atoms with Crippen molar-refractivity contribution in [3.8, 4) is 0 Å². The number of fused-ring (bicyclic) bond motifs is 1. The number of imide groups is 2. The van der Waals surface area contributed by atoms with Gasteiger partial charge in [-0.2, -0.15) is 13.2 Å². The van der Waals surface area contributed by atoms with Gasteiger partial charge in [-0.1, -0.05) is 30.7 Å². The summed E-state index contributed by atoms with van der Waals surface area (Å²) >= 11 is 0. The molecule has 334 valence electrons. The number of hydrogen-bond donors (Lipinski definition) is 3. The van der Waals surface area contributed by atoms with Crippen molar-refractivity contribution in [2.24, 2.45) is 0 Å². The second kappa shape index (κ2) is 24.1. The lowest BCUT2D eigenvalue weighted by atomic mass is 10.0. The van der Waals surface area contributed by atoms with Gasteiger partial charge >= 0.3 is 12.1 Å². The minimum atomic E-state index is -4.50. The number of carbonyl (C=O) groups is 6. The predicted octanol–water partition coefficient (Wildman–Crippen LogP) is 5.29. The first kappa shape index (κ1) is 47.3. The van der Waals surface area contributed by atoms with Gasteiger partial charge in [0.2, 0.25) is 17.7 Å². The molecule has 19 heteroatoms. The van der Waals surface area contributed by atoms with Crippen LogP contribution >= 0.6 is 0 Å². The molecule has 0 aromatic heterocycles. The molecule has 16 nitrogen and oxygen atoms in total. The molecule has 2 aliphatic heterocycles. The Hall–Kier alpha value is -5.73. The molecule has 0 aliphatic carbocycles. The first-order valence-corrected chi connectivity index (χ1v) is 20.2. The zero-order chi connectivity index (χ0) is 44.3. The van der Waals surface area contributed by atoms with Crippen molar-refractivity contribution < 1.29 is 70.4 Å². The molecule has 5 amide bonds. The van der Waals surface area contributed by atoms with E-state index in [0.29, 0.717) is 65.0 Å². The molecule has 1 unspecified atom stereocenters. The van der Waals surface area contributed by atoms with Crippen LogP contribution in [0.3, 0.4) is 0 Å². The number of ether oxygens (including phenoxy) is 6. The summed E-state index contributed by atoms with van der Waals surface area (Å²) in [5.41, 5.74) is 0.157. The van der Waals surface area contributed by atoms with Crippen LogP contribution in [-0.4, -0.2) is 119 Å². The number of anilines is 3. The fourth-order valence-electron chi connectivity index (χ4n) is 6.45. The van der Waals surface area contributed by atoms with E-state index in [-0.39, 0.29) is 73.1 Å². The largest absolute Gasteiger partial charge is 0.460 e. The molecule has 2 aliphatic rings. The molecular weight excluding hydrogens is 821 g/mol. The summed E-state index contributed by atoms with van der Waals surface area (Å²) < 4.78 is 72.0. The Morgan fingerprint density at radius 1 is 0.694 bits per heavy atom. The van der Waals surface area contributed by atoms with E-state index in [1.54, 1.807) is 24.3 Å². The highest BCUT2D eigenvalue weighted by Gasteiger charge is 2.45. The Bertz CT molecular complexity index is 2030. The van der Waals surface area contributed by atoms with Gasteiger partial charge in [0.05, 0.1) is 93.1 Å². The van der Waals surface area contributed by atoms with Gasteiger partial charge in [-0.05, 0) is 61.7 Å². The summed E-state index contributed by atoms with van der Waals surface area (Å²) in [6.07, 6.45) is -2.21. The van der Waals surface area contributed by atoms with Crippen LogP contribution in [0.25, 0.3) is 0 Å². The SMILES string of the molecule is O=C1CCC(N2C(=O)c3cccc(NC(=O)CCCCCOCCOCCOCCOCCOCCOC(=O)c4ccccc4Nc4cccc(C(F)(F)F)c4)c3C2=O)C(=O)N1. The second-order valence-corrected chi connectivity index (χ2v) is 14.0. The van der Waals surface area contributed by atoms with Gasteiger partial charge in [-0.25, -0.2) is 4.79 Å². The molecule has 0 radical (unpaired) electrons. The predicted molar refractivity (Wildman–Crippen MR) is 216 cm³/mol. The van der Waals surface area contributed by atoms with Gasteiger partial charge < -0.3 is 39.1 Å². The Morgan fingerprint density at radius 3 is 1.97 bits per heavy atom. The fraction of sp³-hybridized carbons (Fsp3) is 0.442. The van der Waals surface area contributed by atoms with Crippen molar-refractivity contribution >= 4 is 52.6 Å². The third-order valence-corrected chi connectivity index (χ3v) is 9.50. The minimum Gasteiger partial charge on any atom is -0.460 e. The number of alkyl halides is 3. The van der Waals surface area contributed by atoms with Gasteiger partial charge in [-0.3, -0.25) is 34.2 Å². The van der Waals surface area contributed by atoms with Crippen LogP contribution < -0.4 is 16.0 Å². The second-order valence-electron chi connectivity index (χ2n) is 14.0. The molecule has 2 heterocycles. The molecule has 62 heavy (non-hydrogen) atoms. The monoisotopic (exact) mass is 870 g/mol. The number of rotatable bonds is 26. The highest BCUT2D eigenvalue weighted by Crippen LogP contribution is 2.33. The van der Waals surface area contributed by atoms with Crippen LogP contribution in [0.1, 0.15) is 75.2 Å². The summed E-state index contributed by atoms with van der Waals surface area (Å²) in [6, 6.07) is 14.5. The number of nitrogens with zero attached hydrogens (tertiary/aromatic N) is 1. The van der Waals surface area contributed by atoms with E-state index in [1.165, 1.54) is 30.3 Å². The van der Waals surface area contributed by atoms with E-state index in [4.69, 9.17) is 28.4 Å². The Balaban J connectivity index is 0.804. The van der Waals surface area contributed by atoms with Gasteiger partial charge in [0.25, 0.3) is 11.8 Å². The number of halogens is 3. The quantitative estimate of drug-likeness (QED) is 0.0535. The zero-order valence-electron chi connectivity index (χ0n) is 33.9. The topological polar surface area (TPSA) is 197 Å². The zero-order valence-corrected chi connectivity index (χ0v) is 33.9. The standard InChI is InChI=1S/C43H49F3N4O12/c44-43(45,46)29-8-6-9-30(28-29)47-33-12-4-3-10-31(33)42(56)62-27-26-61-25-24-60-23-22-59-21-20-58-19-18-57-17-5-1-2-14-36(51)48-34-13-7-11-32-38(34)41(55)50(40(32)54)35-15-16-37(52)49-39(35)53/h3-4,6-13,28,35,47H,1-2,5,14-27H2,(H,48,51)(H,49,52,53). The van der Waals surface area contributed by atoms with Gasteiger partial charge in [0.1, 0.15) is 12.6 Å². The Morgan fingerprint density at radius 2 is 1.31 bits per heavy atom. The maximum absolute atomic E-state index is 13.2. The van der Waals surface area contributed by atoms with Crippen molar-refractivity contribution in [3.63, 3.8) is 0 Å². The molecule has 0 bridgehead atoms. The van der Waals surface area contributed by atoms with Crippen molar-refractivity contribution in [2.75, 3.05) is 83.3 Å². The number of para-hydroxylation sites is 1. The number of piperidine rings is 1. The first-order valence-electron chi connectivity index (χ1n) is 20.2. The fourth-order valence-corrected chi connectivity index (χ4v) is 6.45. The van der Waals surface area contributed by atoms with Gasteiger partial charge in [0.15, 0.2) is 0 Å². The van der Waals surface area contributed by atoms with E-state index in [1.807, 2.05) is 0 Å². The van der Waals surface area contributed by atoms with E-state index in [9.17, 15) is 41.9 Å². The number of nitrogens with one attached hydrogen (secondary N) is 3. The Labute approximate surface area is 355 Å². The summed E-state index contributed by atoms with van der Waals surface area (Å²) in [5, 5.41) is 7.72. The molecule has 0 spiro atoms. The van der Waals surface area contributed by atoms with Crippen molar-refractivity contribution in [2.45, 2.75) is 50.7 Å². The van der Waals surface area contributed by atoms with Crippen LogP contribution in [0.2, 0.25) is 0 Å². The average Bonchev–Trinajstić information content (AvgIpc) is 3.50. The van der Waals surface area contributed by atoms with Crippen LogP contribution in [0.4, 0.5) is 30.2 Å². The molecule has 1 atom stereocenters. The molecule has 3 aromatic carbocycles. The van der Waals surface area contributed by atoms with E-state index < -0.39 is 47.4 Å². The highest BCUT2D eigenvalue weighted by atomic mass is 19.4. The molecule has 0 saturated carbocycles. The third kappa shape index (κ3) is 14.2. The van der Waals surface area contributed by atoms with Gasteiger partial charge in [0, 0.05) is 25.1 Å². The summed E-state index contributed by atoms with van der Waals surface area (Å²) in [6.45, 7) is 3.41. The summed E-state index contributed by atoms with van der Waals surface area (Å²) in [5.74, 6) is -3.46. The number of benzene rings is 3. The van der Waals surface area contributed by atoms with Crippen molar-refractivity contribution in [1.82, 2.24) is 10.2 Å². The molecule has 3 aromatic rings.